The van der Waals surface area contributed by atoms with E-state index < -0.39 is 59.0 Å². The second kappa shape index (κ2) is 10.7. The first-order valence-corrected chi connectivity index (χ1v) is 11.2. The van der Waals surface area contributed by atoms with Gasteiger partial charge in [-0.3, -0.25) is 14.8 Å². The maximum absolute atomic E-state index is 13.8. The number of aromatic nitrogens is 2. The van der Waals surface area contributed by atoms with Crippen LogP contribution in [0.2, 0.25) is 0 Å². The fourth-order valence-corrected chi connectivity index (χ4v) is 3.79. The molecule has 0 bridgehead atoms. The highest BCUT2D eigenvalue weighted by Crippen LogP contribution is 2.37. The molecule has 6 nitrogen and oxygen atoms in total. The van der Waals surface area contributed by atoms with Crippen LogP contribution in [0.3, 0.4) is 0 Å². The third-order valence-electron chi connectivity index (χ3n) is 5.66. The summed E-state index contributed by atoms with van der Waals surface area (Å²) in [4.78, 5) is 32.0. The van der Waals surface area contributed by atoms with Crippen LogP contribution in [-0.2, 0) is 17.1 Å². The number of benzene rings is 2. The Morgan fingerprint density at radius 2 is 1.46 bits per heavy atom. The maximum atomic E-state index is 13.8. The van der Waals surface area contributed by atoms with E-state index in [-0.39, 0.29) is 22.0 Å². The Labute approximate surface area is 223 Å². The third-order valence-corrected chi connectivity index (χ3v) is 5.66. The average molecular weight is 587 g/mol. The first-order valence-electron chi connectivity index (χ1n) is 11.2. The van der Waals surface area contributed by atoms with Gasteiger partial charge in [0.25, 0.3) is 5.91 Å². The Morgan fingerprint density at radius 3 is 2.07 bits per heavy atom. The van der Waals surface area contributed by atoms with Crippen LogP contribution in [-0.4, -0.2) is 28.0 Å². The average Bonchev–Trinajstić information content (AvgIpc) is 2.90. The van der Waals surface area contributed by atoms with Gasteiger partial charge in [-0.25, -0.2) is 4.79 Å². The molecule has 41 heavy (non-hydrogen) atoms. The lowest BCUT2D eigenvalue weighted by Gasteiger charge is -2.23. The Bertz CT molecular complexity index is 1600. The van der Waals surface area contributed by atoms with E-state index in [1.807, 2.05) is 0 Å². The molecule has 0 aliphatic carbocycles. The molecule has 0 radical (unpaired) electrons. The lowest BCUT2D eigenvalue weighted by atomic mass is 9.97. The predicted molar refractivity (Wildman–Crippen MR) is 123 cm³/mol. The summed E-state index contributed by atoms with van der Waals surface area (Å²) in [6.45, 7) is 0. The van der Waals surface area contributed by atoms with Crippen LogP contribution in [0.5, 0.6) is 5.75 Å². The van der Waals surface area contributed by atoms with Crippen molar-refractivity contribution in [3.63, 3.8) is 0 Å². The molecule has 0 unspecified atom stereocenters. The lowest BCUT2D eigenvalue weighted by Crippen LogP contribution is -2.31. The van der Waals surface area contributed by atoms with Crippen LogP contribution >= 0.6 is 0 Å². The van der Waals surface area contributed by atoms with E-state index in [2.05, 4.69) is 20.0 Å². The van der Waals surface area contributed by atoms with Crippen molar-refractivity contribution in [1.82, 2.24) is 15.3 Å². The Hall–Kier alpha value is -4.69. The van der Waals surface area contributed by atoms with Crippen molar-refractivity contribution in [3.05, 3.63) is 101 Å². The van der Waals surface area contributed by atoms with Gasteiger partial charge in [-0.15, -0.1) is 0 Å². The Balaban J connectivity index is 1.73. The molecule has 1 atom stereocenters. The van der Waals surface area contributed by atoms with Gasteiger partial charge in [-0.2, -0.15) is 39.5 Å². The van der Waals surface area contributed by atoms with Crippen LogP contribution in [0.4, 0.5) is 39.5 Å². The van der Waals surface area contributed by atoms with E-state index in [1.54, 1.807) is 0 Å². The van der Waals surface area contributed by atoms with E-state index in [9.17, 15) is 49.1 Å². The number of rotatable bonds is 5. The summed E-state index contributed by atoms with van der Waals surface area (Å²) in [7, 11) is 0. The number of alkyl halides is 9. The summed E-state index contributed by atoms with van der Waals surface area (Å²) in [5.74, 6) is -4.03. The molecule has 4 rings (SSSR count). The van der Waals surface area contributed by atoms with E-state index in [0.29, 0.717) is 18.2 Å². The van der Waals surface area contributed by atoms with Crippen LogP contribution in [0, 0.1) is 0 Å². The SMILES string of the molecule is O=C(N[C@@H](c1ccc(C(F)(F)F)cc1)c1ncccc1C(F)(F)F)c1ccc2c(OC(=O)C(F)(F)F)ccnc2c1. The van der Waals surface area contributed by atoms with Crippen molar-refractivity contribution in [2.75, 3.05) is 0 Å². The van der Waals surface area contributed by atoms with Crippen molar-refractivity contribution in [2.45, 2.75) is 24.6 Å². The molecule has 0 saturated heterocycles. The second-order valence-electron chi connectivity index (χ2n) is 8.39. The second-order valence-corrected chi connectivity index (χ2v) is 8.39. The summed E-state index contributed by atoms with van der Waals surface area (Å²) in [6.07, 6.45) is -12.9. The number of halogens is 9. The normalized spacial score (nSPS) is 13.1. The first kappa shape index (κ1) is 29.3. The summed E-state index contributed by atoms with van der Waals surface area (Å²) < 4.78 is 123. The zero-order valence-electron chi connectivity index (χ0n) is 20.0. The molecule has 214 valence electrons. The standard InChI is InChI=1S/C26H14F9N3O3/c27-24(28,29)15-6-3-13(4-7-15)20(21-17(25(30,31)32)2-1-10-37-21)38-22(39)14-5-8-16-18(12-14)36-11-9-19(16)41-23(40)26(33,34)35/h1-12,20H,(H,38,39)/t20-/m0/s1. The van der Waals surface area contributed by atoms with Crippen molar-refractivity contribution < 1.29 is 53.8 Å². The number of pyridine rings is 2. The molecular formula is C26H14F9N3O3. The van der Waals surface area contributed by atoms with Crippen molar-refractivity contribution >= 4 is 22.8 Å². The Kier molecular flexibility index (Phi) is 7.65. The number of esters is 1. The molecule has 2 aromatic carbocycles. The highest BCUT2D eigenvalue weighted by Gasteiger charge is 2.42. The van der Waals surface area contributed by atoms with Gasteiger partial charge in [-0.1, -0.05) is 12.1 Å². The number of hydrogen-bond donors (Lipinski definition) is 1. The van der Waals surface area contributed by atoms with Crippen molar-refractivity contribution in [3.8, 4) is 5.75 Å². The molecule has 4 aromatic rings. The Morgan fingerprint density at radius 1 is 0.780 bits per heavy atom. The highest BCUT2D eigenvalue weighted by molar-refractivity contribution is 5.99. The fraction of sp³-hybridized carbons (Fsp3) is 0.154. The lowest BCUT2D eigenvalue weighted by molar-refractivity contribution is -0.189. The van der Waals surface area contributed by atoms with Crippen LogP contribution in [0.1, 0.15) is 38.8 Å². The van der Waals surface area contributed by atoms with Gasteiger partial charge in [0.2, 0.25) is 0 Å². The van der Waals surface area contributed by atoms with Gasteiger partial charge >= 0.3 is 24.5 Å². The number of amides is 1. The first-order chi connectivity index (χ1) is 19.1. The fourth-order valence-electron chi connectivity index (χ4n) is 3.79. The zero-order valence-corrected chi connectivity index (χ0v) is 20.0. The molecular weight excluding hydrogens is 573 g/mol. The summed E-state index contributed by atoms with van der Waals surface area (Å²) >= 11 is 0. The zero-order chi connectivity index (χ0) is 30.2. The third kappa shape index (κ3) is 6.56. The minimum absolute atomic E-state index is 0.0926. The molecule has 0 fully saturated rings. The smallest absolute Gasteiger partial charge is 0.419 e. The molecule has 1 amide bonds. The van der Waals surface area contributed by atoms with E-state index in [1.165, 1.54) is 0 Å². The van der Waals surface area contributed by atoms with Crippen LogP contribution < -0.4 is 10.1 Å². The van der Waals surface area contributed by atoms with Crippen molar-refractivity contribution in [2.24, 2.45) is 0 Å². The minimum Gasteiger partial charge on any atom is -0.419 e. The number of nitrogens with zero attached hydrogens (tertiary/aromatic N) is 2. The molecule has 2 heterocycles. The van der Waals surface area contributed by atoms with Gasteiger partial charge in [-0.05, 0) is 54.1 Å². The number of fused-ring (bicyclic) bond motifs is 1. The number of carbonyl (C=O) groups excluding carboxylic acids is 2. The topological polar surface area (TPSA) is 81.2 Å². The van der Waals surface area contributed by atoms with Crippen LogP contribution in [0.25, 0.3) is 10.9 Å². The molecule has 2 aromatic heterocycles. The summed E-state index contributed by atoms with van der Waals surface area (Å²) in [5, 5.41) is 2.23. The van der Waals surface area contributed by atoms with Gasteiger partial charge in [0.05, 0.1) is 28.4 Å². The maximum Gasteiger partial charge on any atom is 0.491 e. The summed E-state index contributed by atoms with van der Waals surface area (Å²) in [5.41, 5.74) is -3.52. The number of ether oxygens (including phenoxy) is 1. The number of nitrogens with one attached hydrogen (secondary N) is 1. The predicted octanol–water partition coefficient (Wildman–Crippen LogP) is 6.65. The molecule has 0 aliphatic heterocycles. The molecule has 0 saturated carbocycles. The van der Waals surface area contributed by atoms with Gasteiger partial charge in [0.1, 0.15) is 5.75 Å². The van der Waals surface area contributed by atoms with Gasteiger partial charge in [0, 0.05) is 23.3 Å². The van der Waals surface area contributed by atoms with E-state index in [0.717, 1.165) is 54.9 Å². The van der Waals surface area contributed by atoms with Crippen molar-refractivity contribution in [1.29, 1.82) is 0 Å². The molecule has 1 N–H and O–H groups in total. The van der Waals surface area contributed by atoms with E-state index >= 15 is 0 Å². The summed E-state index contributed by atoms with van der Waals surface area (Å²) in [6, 6.07) is 7.30. The quantitative estimate of drug-likeness (QED) is 0.209. The molecule has 15 heteroatoms. The number of hydrogen-bond acceptors (Lipinski definition) is 5. The minimum atomic E-state index is -5.29. The number of carbonyl (C=O) groups is 2. The van der Waals surface area contributed by atoms with E-state index in [4.69, 9.17) is 0 Å². The molecule has 0 spiro atoms. The monoisotopic (exact) mass is 587 g/mol. The van der Waals surface area contributed by atoms with Gasteiger partial charge in [0.15, 0.2) is 0 Å². The highest BCUT2D eigenvalue weighted by atomic mass is 19.4. The molecule has 0 aliphatic rings. The van der Waals surface area contributed by atoms with Gasteiger partial charge < -0.3 is 10.1 Å². The largest absolute Gasteiger partial charge is 0.491 e. The van der Waals surface area contributed by atoms with Crippen LogP contribution in [0.15, 0.2) is 73.1 Å².